The van der Waals surface area contributed by atoms with Gasteiger partial charge in [0.2, 0.25) is 0 Å². The van der Waals surface area contributed by atoms with Gasteiger partial charge in [-0.1, -0.05) is 67.8 Å². The summed E-state index contributed by atoms with van der Waals surface area (Å²) >= 11 is 6.57. The van der Waals surface area contributed by atoms with Gasteiger partial charge >= 0.3 is 0 Å². The fraction of sp³-hybridized carbons (Fsp3) is 0.667. The summed E-state index contributed by atoms with van der Waals surface area (Å²) in [7, 11) is 0. The molecule has 0 saturated heterocycles. The van der Waals surface area contributed by atoms with E-state index < -0.39 is 0 Å². The SMILES string of the molecule is O=COCC(I)(I)I. The normalized spacial score (nSPS) is 10.9. The molecular weight excluding hydrogens is 449 g/mol. The second kappa shape index (κ2) is 4.47. The first-order valence-electron chi connectivity index (χ1n) is 1.68. The van der Waals surface area contributed by atoms with Crippen LogP contribution in [0.25, 0.3) is 0 Å². The molecule has 0 saturated carbocycles. The molecule has 0 amide bonds. The van der Waals surface area contributed by atoms with Gasteiger partial charge in [0.25, 0.3) is 6.47 Å². The maximum Gasteiger partial charge on any atom is 0.293 e. The minimum absolute atomic E-state index is 0.00812. The second-order valence-electron chi connectivity index (χ2n) is 1.02. The molecule has 0 aromatic heterocycles. The van der Waals surface area contributed by atoms with Gasteiger partial charge in [-0.15, -0.1) is 0 Å². The van der Waals surface area contributed by atoms with Crippen LogP contribution in [0, 0.1) is 0 Å². The third kappa shape index (κ3) is 7.66. The molecule has 0 fully saturated rings. The van der Waals surface area contributed by atoms with E-state index in [0.717, 1.165) is 0 Å². The third-order valence-corrected chi connectivity index (χ3v) is 1.25. The van der Waals surface area contributed by atoms with Gasteiger partial charge in [-0.3, -0.25) is 4.79 Å². The Labute approximate surface area is 88.5 Å². The lowest BCUT2D eigenvalue weighted by Crippen LogP contribution is -2.08. The van der Waals surface area contributed by atoms with Crippen LogP contribution in [0.2, 0.25) is 0 Å². The average Bonchev–Trinajstić information content (AvgIpc) is 1.59. The lowest BCUT2D eigenvalue weighted by atomic mass is 10.9. The van der Waals surface area contributed by atoms with Crippen molar-refractivity contribution in [1.29, 1.82) is 0 Å². The van der Waals surface area contributed by atoms with Crippen LogP contribution in [0.1, 0.15) is 0 Å². The van der Waals surface area contributed by atoms with Gasteiger partial charge in [0, 0.05) is 0 Å². The van der Waals surface area contributed by atoms with E-state index in [1.165, 1.54) is 0 Å². The van der Waals surface area contributed by atoms with E-state index in [-0.39, 0.29) is -0.565 Å². The summed E-state index contributed by atoms with van der Waals surface area (Å²) in [5, 5.41) is 0. The smallest absolute Gasteiger partial charge is 0.293 e. The van der Waals surface area contributed by atoms with Crippen LogP contribution in [0.15, 0.2) is 0 Å². The van der Waals surface area contributed by atoms with E-state index in [1.54, 1.807) is 0 Å². The van der Waals surface area contributed by atoms with Gasteiger partial charge < -0.3 is 4.74 Å². The predicted octanol–water partition coefficient (Wildman–Crippen LogP) is 2.12. The molecule has 0 aliphatic heterocycles. The molecule has 0 rings (SSSR count). The number of carbonyl (C=O) groups excluding carboxylic acids is 1. The first-order valence-corrected chi connectivity index (χ1v) is 4.92. The van der Waals surface area contributed by atoms with Gasteiger partial charge in [0.05, 0.1) is 0 Å². The van der Waals surface area contributed by atoms with Crippen molar-refractivity contribution in [3.8, 4) is 0 Å². The van der Waals surface area contributed by atoms with Crippen LogP contribution < -0.4 is 0 Å². The summed E-state index contributed by atoms with van der Waals surface area (Å²) in [6.45, 7) is 0.920. The number of rotatable bonds is 3. The summed E-state index contributed by atoms with van der Waals surface area (Å²) in [4.78, 5) is 9.62. The number of halogens is 3. The number of hydrogen-bond donors (Lipinski definition) is 0. The molecule has 0 atom stereocenters. The summed E-state index contributed by atoms with van der Waals surface area (Å²) in [5.74, 6) is 0. The maximum atomic E-state index is 9.62. The maximum absolute atomic E-state index is 9.62. The Morgan fingerprint density at radius 2 is 2.00 bits per heavy atom. The van der Waals surface area contributed by atoms with Crippen LogP contribution in [-0.2, 0) is 9.53 Å². The minimum atomic E-state index is 0.00812. The summed E-state index contributed by atoms with van der Waals surface area (Å²) < 4.78 is 4.50. The molecule has 0 aromatic carbocycles. The zero-order chi connectivity index (χ0) is 6.62. The summed E-state index contributed by atoms with van der Waals surface area (Å²) in [5.41, 5.74) is 0. The standard InChI is InChI=1S/C3H3I3O2/c4-3(5,6)1-8-2-7/h2H,1H2. The first kappa shape index (κ1) is 9.66. The Kier molecular flexibility index (Phi) is 5.40. The van der Waals surface area contributed by atoms with Crippen molar-refractivity contribution in [2.75, 3.05) is 6.61 Å². The molecule has 0 aliphatic rings. The lowest BCUT2D eigenvalue weighted by Gasteiger charge is -2.08. The Hall–Kier alpha value is 1.66. The molecular formula is C3H3I3O2. The Morgan fingerprint density at radius 1 is 1.50 bits per heavy atom. The van der Waals surface area contributed by atoms with Gasteiger partial charge in [0.15, 0.2) is -0.565 Å². The van der Waals surface area contributed by atoms with E-state index in [4.69, 9.17) is 0 Å². The van der Waals surface area contributed by atoms with Crippen LogP contribution >= 0.6 is 67.8 Å². The minimum Gasteiger partial charge on any atom is -0.465 e. The monoisotopic (exact) mass is 452 g/mol. The van der Waals surface area contributed by atoms with Crippen LogP contribution in [0.5, 0.6) is 0 Å². The lowest BCUT2D eigenvalue weighted by molar-refractivity contribution is -0.128. The van der Waals surface area contributed by atoms with Crippen LogP contribution in [-0.4, -0.2) is 12.5 Å². The van der Waals surface area contributed by atoms with Crippen molar-refractivity contribution in [3.63, 3.8) is 0 Å². The molecule has 0 spiro atoms. The Bertz CT molecular complexity index is 77.1. The second-order valence-corrected chi connectivity index (χ2v) is 12.7. The van der Waals surface area contributed by atoms with E-state index in [2.05, 4.69) is 72.5 Å². The fourth-order valence-electron chi connectivity index (χ4n) is 0.129. The Balaban J connectivity index is 3.24. The predicted molar refractivity (Wildman–Crippen MR) is 56.8 cm³/mol. The highest BCUT2D eigenvalue weighted by Crippen LogP contribution is 2.35. The highest BCUT2D eigenvalue weighted by Gasteiger charge is 2.16. The zero-order valence-electron chi connectivity index (χ0n) is 3.73. The largest absolute Gasteiger partial charge is 0.465 e. The topological polar surface area (TPSA) is 26.3 Å². The molecule has 0 unspecified atom stereocenters. The fourth-order valence-corrected chi connectivity index (χ4v) is 0.668. The molecule has 0 bridgehead atoms. The van der Waals surface area contributed by atoms with E-state index >= 15 is 0 Å². The molecule has 0 aliphatic carbocycles. The molecule has 8 heavy (non-hydrogen) atoms. The number of alkyl halides is 3. The van der Waals surface area contributed by atoms with Gasteiger partial charge in [-0.2, -0.15) is 0 Å². The van der Waals surface area contributed by atoms with Crippen molar-refractivity contribution in [3.05, 3.63) is 0 Å². The number of carbonyl (C=O) groups is 1. The molecule has 0 N–H and O–H groups in total. The summed E-state index contributed by atoms with van der Waals surface area (Å²) in [6.07, 6.45) is 0. The number of ether oxygens (including phenoxy) is 1. The summed E-state index contributed by atoms with van der Waals surface area (Å²) in [6, 6.07) is 0. The van der Waals surface area contributed by atoms with E-state index in [0.29, 0.717) is 13.1 Å². The van der Waals surface area contributed by atoms with Crippen molar-refractivity contribution in [2.45, 2.75) is -0.565 Å². The van der Waals surface area contributed by atoms with Crippen molar-refractivity contribution in [1.82, 2.24) is 0 Å². The van der Waals surface area contributed by atoms with Crippen LogP contribution in [0.4, 0.5) is 0 Å². The van der Waals surface area contributed by atoms with Crippen LogP contribution in [0.3, 0.4) is 0 Å². The van der Waals surface area contributed by atoms with Crippen molar-refractivity contribution < 1.29 is 9.53 Å². The molecule has 0 radical (unpaired) electrons. The van der Waals surface area contributed by atoms with E-state index in [1.807, 2.05) is 0 Å². The average molecular weight is 452 g/mol. The number of hydrogen-bond acceptors (Lipinski definition) is 2. The highest BCUT2D eigenvalue weighted by atomic mass is 127. The quantitative estimate of drug-likeness (QED) is 0.373. The molecule has 5 heteroatoms. The molecule has 48 valence electrons. The highest BCUT2D eigenvalue weighted by molar-refractivity contribution is 14.3. The van der Waals surface area contributed by atoms with Gasteiger partial charge in [-0.05, 0) is 0 Å². The van der Waals surface area contributed by atoms with Gasteiger partial charge in [0.1, 0.15) is 6.61 Å². The van der Waals surface area contributed by atoms with E-state index in [9.17, 15) is 4.79 Å². The van der Waals surface area contributed by atoms with Crippen molar-refractivity contribution in [2.24, 2.45) is 0 Å². The Morgan fingerprint density at radius 3 is 2.12 bits per heavy atom. The molecule has 0 heterocycles. The first-order chi connectivity index (χ1) is 3.56. The van der Waals surface area contributed by atoms with Crippen molar-refractivity contribution >= 4 is 74.2 Å². The molecule has 2 nitrogen and oxygen atoms in total. The molecule has 0 aromatic rings. The zero-order valence-corrected chi connectivity index (χ0v) is 10.2. The van der Waals surface area contributed by atoms with Gasteiger partial charge in [-0.25, -0.2) is 0 Å². The third-order valence-electron chi connectivity index (χ3n) is 0.315.